The normalized spacial score (nSPS) is 23.6. The summed E-state index contributed by atoms with van der Waals surface area (Å²) in [4.78, 5) is 10.7. The van der Waals surface area contributed by atoms with E-state index in [2.05, 4.69) is 6.92 Å². The van der Waals surface area contributed by atoms with Gasteiger partial charge in [0.1, 0.15) is 0 Å². The minimum absolute atomic E-state index is 0.162. The molecule has 0 aromatic heterocycles. The lowest BCUT2D eigenvalue weighted by molar-refractivity contribution is -0.141. The molecule has 1 fully saturated rings. The Morgan fingerprint density at radius 2 is 1.79 bits per heavy atom. The van der Waals surface area contributed by atoms with Crippen molar-refractivity contribution in [3.8, 4) is 0 Å². The summed E-state index contributed by atoms with van der Waals surface area (Å²) in [6.45, 7) is 8.13. The number of carboxylic acids is 1. The topological polar surface area (TPSA) is 37.3 Å². The lowest BCUT2D eigenvalue weighted by atomic mass is 9.88. The van der Waals surface area contributed by atoms with E-state index in [1.807, 2.05) is 20.8 Å². The zero-order valence-corrected chi connectivity index (χ0v) is 13.5. The van der Waals surface area contributed by atoms with Crippen molar-refractivity contribution >= 4 is 5.97 Å². The molecule has 2 heteroatoms. The van der Waals surface area contributed by atoms with Crippen LogP contribution in [-0.4, -0.2) is 11.1 Å². The molecule has 0 aliphatic heterocycles. The van der Waals surface area contributed by atoms with E-state index in [0.717, 1.165) is 24.7 Å². The average molecular weight is 270 g/mol. The monoisotopic (exact) mass is 270 g/mol. The summed E-state index contributed by atoms with van der Waals surface area (Å²) in [7, 11) is 0. The number of unbranched alkanes of at least 4 members (excludes halogenated alkanes) is 2. The molecule has 1 aliphatic carbocycles. The van der Waals surface area contributed by atoms with Gasteiger partial charge in [-0.15, -0.1) is 0 Å². The maximum Gasteiger partial charge on any atom is 0.306 e. The van der Waals surface area contributed by atoms with E-state index in [9.17, 15) is 4.79 Å². The van der Waals surface area contributed by atoms with Crippen LogP contribution in [0, 0.1) is 17.8 Å². The van der Waals surface area contributed by atoms with Crippen molar-refractivity contribution < 1.29 is 9.90 Å². The standard InChI is InChI=1S/C15H28O2.C2H6/c1-3-13-10-7-11-14(13)9-6-4-5-8-12(2)15(16)17;1-2/h12-14H,3-11H2,1-2H3,(H,16,17);1-2H3. The van der Waals surface area contributed by atoms with E-state index in [1.165, 1.54) is 44.9 Å². The second-order valence-corrected chi connectivity index (χ2v) is 5.74. The molecule has 1 saturated carbocycles. The first-order chi connectivity index (χ1) is 9.15. The highest BCUT2D eigenvalue weighted by Gasteiger charge is 2.24. The third-order valence-corrected chi connectivity index (χ3v) is 4.47. The molecule has 19 heavy (non-hydrogen) atoms. The van der Waals surface area contributed by atoms with Gasteiger partial charge in [0.25, 0.3) is 0 Å². The minimum atomic E-state index is -0.646. The molecule has 114 valence electrons. The summed E-state index contributed by atoms with van der Waals surface area (Å²) in [6.07, 6.45) is 11.5. The van der Waals surface area contributed by atoms with E-state index >= 15 is 0 Å². The molecule has 0 spiro atoms. The highest BCUT2D eigenvalue weighted by Crippen LogP contribution is 2.37. The van der Waals surface area contributed by atoms with Gasteiger partial charge in [-0.05, 0) is 18.3 Å². The molecule has 0 aromatic carbocycles. The van der Waals surface area contributed by atoms with Crippen LogP contribution in [0.3, 0.4) is 0 Å². The van der Waals surface area contributed by atoms with Crippen LogP contribution in [0.15, 0.2) is 0 Å². The molecule has 0 radical (unpaired) electrons. The van der Waals surface area contributed by atoms with Crippen LogP contribution in [0.5, 0.6) is 0 Å². The molecule has 3 atom stereocenters. The van der Waals surface area contributed by atoms with Gasteiger partial charge in [0.15, 0.2) is 0 Å². The van der Waals surface area contributed by atoms with E-state index in [0.29, 0.717) is 0 Å². The van der Waals surface area contributed by atoms with Crippen molar-refractivity contribution in [2.24, 2.45) is 17.8 Å². The largest absolute Gasteiger partial charge is 0.481 e. The Kier molecular flexibility index (Phi) is 11.0. The summed E-state index contributed by atoms with van der Waals surface area (Å²) in [5.74, 6) is 1.14. The van der Waals surface area contributed by atoms with Gasteiger partial charge in [0.05, 0.1) is 5.92 Å². The molecule has 0 saturated heterocycles. The van der Waals surface area contributed by atoms with Crippen molar-refractivity contribution in [1.29, 1.82) is 0 Å². The number of aliphatic carboxylic acids is 1. The van der Waals surface area contributed by atoms with Gasteiger partial charge in [0.2, 0.25) is 0 Å². The minimum Gasteiger partial charge on any atom is -0.481 e. The van der Waals surface area contributed by atoms with Crippen LogP contribution in [0.4, 0.5) is 0 Å². The molecular formula is C17H34O2. The first-order valence-electron chi connectivity index (χ1n) is 8.38. The van der Waals surface area contributed by atoms with Crippen molar-refractivity contribution in [2.75, 3.05) is 0 Å². The lowest BCUT2D eigenvalue weighted by Gasteiger charge is -2.17. The van der Waals surface area contributed by atoms with Crippen LogP contribution in [0.25, 0.3) is 0 Å². The first-order valence-corrected chi connectivity index (χ1v) is 8.38. The number of rotatable bonds is 8. The number of carboxylic acid groups (broad SMARTS) is 1. The van der Waals surface area contributed by atoms with E-state index in [1.54, 1.807) is 0 Å². The lowest BCUT2D eigenvalue weighted by Crippen LogP contribution is -2.09. The zero-order chi connectivity index (χ0) is 14.7. The Morgan fingerprint density at radius 1 is 1.16 bits per heavy atom. The van der Waals surface area contributed by atoms with Crippen LogP contribution >= 0.6 is 0 Å². The molecule has 0 aromatic rings. The van der Waals surface area contributed by atoms with Crippen molar-refractivity contribution in [1.82, 2.24) is 0 Å². The van der Waals surface area contributed by atoms with Crippen LogP contribution in [0.2, 0.25) is 0 Å². The third-order valence-electron chi connectivity index (χ3n) is 4.47. The number of carbonyl (C=O) groups is 1. The fourth-order valence-corrected chi connectivity index (χ4v) is 3.19. The Bertz CT molecular complexity index is 225. The molecule has 2 nitrogen and oxygen atoms in total. The summed E-state index contributed by atoms with van der Waals surface area (Å²) in [5.41, 5.74) is 0. The van der Waals surface area contributed by atoms with Gasteiger partial charge < -0.3 is 5.11 Å². The van der Waals surface area contributed by atoms with Gasteiger partial charge >= 0.3 is 5.97 Å². The molecule has 0 heterocycles. The Morgan fingerprint density at radius 3 is 2.37 bits per heavy atom. The molecule has 0 bridgehead atoms. The summed E-state index contributed by atoms with van der Waals surface area (Å²) in [6, 6.07) is 0. The van der Waals surface area contributed by atoms with E-state index < -0.39 is 5.97 Å². The summed E-state index contributed by atoms with van der Waals surface area (Å²) < 4.78 is 0. The smallest absolute Gasteiger partial charge is 0.306 e. The second-order valence-electron chi connectivity index (χ2n) is 5.74. The van der Waals surface area contributed by atoms with Crippen molar-refractivity contribution in [3.05, 3.63) is 0 Å². The SMILES string of the molecule is CC.CCC1CCCC1CCCCCC(C)C(=O)O. The summed E-state index contributed by atoms with van der Waals surface area (Å²) in [5, 5.41) is 8.78. The van der Waals surface area contributed by atoms with Crippen LogP contribution < -0.4 is 0 Å². The maximum atomic E-state index is 10.7. The maximum absolute atomic E-state index is 10.7. The molecule has 0 amide bonds. The Balaban J connectivity index is 0.00000154. The van der Waals surface area contributed by atoms with E-state index in [-0.39, 0.29) is 5.92 Å². The molecule has 1 N–H and O–H groups in total. The quantitative estimate of drug-likeness (QED) is 0.590. The molecule has 1 aliphatic rings. The van der Waals surface area contributed by atoms with Gasteiger partial charge in [-0.3, -0.25) is 4.79 Å². The zero-order valence-electron chi connectivity index (χ0n) is 13.5. The fraction of sp³-hybridized carbons (Fsp3) is 0.941. The predicted octanol–water partition coefficient (Wildman–Crippen LogP) is 5.51. The highest BCUT2D eigenvalue weighted by molar-refractivity contribution is 5.69. The Hall–Kier alpha value is -0.530. The average Bonchev–Trinajstić information content (AvgIpc) is 2.87. The summed E-state index contributed by atoms with van der Waals surface area (Å²) >= 11 is 0. The van der Waals surface area contributed by atoms with Crippen LogP contribution in [-0.2, 0) is 4.79 Å². The predicted molar refractivity (Wildman–Crippen MR) is 82.4 cm³/mol. The van der Waals surface area contributed by atoms with E-state index in [4.69, 9.17) is 5.11 Å². The Labute approximate surface area is 120 Å². The highest BCUT2D eigenvalue weighted by atomic mass is 16.4. The van der Waals surface area contributed by atoms with Crippen LogP contribution in [0.1, 0.15) is 85.5 Å². The number of hydrogen-bond donors (Lipinski definition) is 1. The van der Waals surface area contributed by atoms with Gasteiger partial charge in [-0.1, -0.05) is 79.1 Å². The fourth-order valence-electron chi connectivity index (χ4n) is 3.19. The third kappa shape index (κ3) is 7.59. The van der Waals surface area contributed by atoms with Gasteiger partial charge in [-0.2, -0.15) is 0 Å². The van der Waals surface area contributed by atoms with Crippen molar-refractivity contribution in [2.45, 2.75) is 85.5 Å². The van der Waals surface area contributed by atoms with Gasteiger partial charge in [0, 0.05) is 0 Å². The first kappa shape index (κ1) is 18.5. The van der Waals surface area contributed by atoms with Crippen molar-refractivity contribution in [3.63, 3.8) is 0 Å². The molecule has 1 rings (SSSR count). The molecule has 3 unspecified atom stereocenters. The van der Waals surface area contributed by atoms with Gasteiger partial charge in [-0.25, -0.2) is 0 Å². The second kappa shape index (κ2) is 11.3. The molecular weight excluding hydrogens is 236 g/mol. The number of hydrogen-bond acceptors (Lipinski definition) is 1.